The average Bonchev–Trinajstić information content (AvgIpc) is 3.62. The molecular formula is C45H35NO. The van der Waals surface area contributed by atoms with Crippen molar-refractivity contribution in [3.8, 4) is 22.3 Å². The quantitative estimate of drug-likeness (QED) is 0.194. The topological polar surface area (TPSA) is 16.4 Å². The second kappa shape index (κ2) is 10.7. The summed E-state index contributed by atoms with van der Waals surface area (Å²) in [7, 11) is 0. The first-order valence-corrected chi connectivity index (χ1v) is 16.6. The monoisotopic (exact) mass is 605 g/mol. The van der Waals surface area contributed by atoms with Gasteiger partial charge in [0.25, 0.3) is 0 Å². The molecule has 1 aromatic heterocycles. The smallest absolute Gasteiger partial charge is 0.159 e. The van der Waals surface area contributed by atoms with Crippen molar-refractivity contribution in [2.45, 2.75) is 32.1 Å². The third-order valence-electron chi connectivity index (χ3n) is 10.1. The van der Waals surface area contributed by atoms with E-state index < -0.39 is 0 Å². The van der Waals surface area contributed by atoms with Crippen LogP contribution in [0, 0.1) is 0 Å². The molecule has 2 nitrogen and oxygen atoms in total. The van der Waals surface area contributed by atoms with Crippen molar-refractivity contribution in [2.75, 3.05) is 4.90 Å². The Hall–Kier alpha value is -5.60. The molecule has 0 aliphatic heterocycles. The van der Waals surface area contributed by atoms with Crippen LogP contribution in [0.5, 0.6) is 0 Å². The van der Waals surface area contributed by atoms with E-state index in [1.807, 2.05) is 6.07 Å². The lowest BCUT2D eigenvalue weighted by molar-refractivity contribution is 0.660. The van der Waals surface area contributed by atoms with Gasteiger partial charge in [0.1, 0.15) is 5.58 Å². The van der Waals surface area contributed by atoms with Gasteiger partial charge in [0.2, 0.25) is 0 Å². The molecule has 226 valence electrons. The minimum Gasteiger partial charge on any atom is -0.454 e. The summed E-state index contributed by atoms with van der Waals surface area (Å²) in [5, 5.41) is 2.25. The number of fused-ring (bicyclic) bond motifs is 6. The van der Waals surface area contributed by atoms with Gasteiger partial charge in [-0.15, -0.1) is 0 Å². The fourth-order valence-electron chi connectivity index (χ4n) is 7.70. The molecule has 0 atom stereocenters. The number of para-hydroxylation sites is 2. The SMILES string of the molecule is CC1(C)c2ccccc2-c2ccc(N(c3cc(C4=CCCC=C4)cc(-c4ccccc4)c3)c3cccc4c3oc3ccccc34)cc21. The van der Waals surface area contributed by atoms with E-state index >= 15 is 0 Å². The van der Waals surface area contributed by atoms with Crippen LogP contribution >= 0.6 is 0 Å². The maximum absolute atomic E-state index is 6.69. The standard InChI is InChI=1S/C45H35NO/c1-45(2)40-21-11-9-18-36(40)37-25-24-34(29-41(37)45)46(42-22-13-20-39-38-19-10-12-23-43(38)47-44(39)42)35-27-32(30-14-5-3-6-15-30)26-33(28-35)31-16-7-4-8-17-31/h3,5-7,9-29H,4,8H2,1-2H3. The van der Waals surface area contributed by atoms with Gasteiger partial charge in [-0.2, -0.15) is 0 Å². The van der Waals surface area contributed by atoms with Crippen LogP contribution in [0.4, 0.5) is 17.1 Å². The molecule has 47 heavy (non-hydrogen) atoms. The number of anilines is 3. The highest BCUT2D eigenvalue weighted by molar-refractivity contribution is 6.10. The Labute approximate surface area is 275 Å². The van der Waals surface area contributed by atoms with Gasteiger partial charge in [-0.05, 0) is 99.8 Å². The van der Waals surface area contributed by atoms with Crippen molar-refractivity contribution in [3.05, 3.63) is 168 Å². The molecular weight excluding hydrogens is 571 g/mol. The number of benzene rings is 6. The third-order valence-corrected chi connectivity index (χ3v) is 10.1. The summed E-state index contributed by atoms with van der Waals surface area (Å²) in [5.41, 5.74) is 15.1. The van der Waals surface area contributed by atoms with E-state index in [4.69, 9.17) is 4.42 Å². The number of allylic oxidation sites excluding steroid dienone is 4. The van der Waals surface area contributed by atoms with Crippen LogP contribution in [-0.2, 0) is 5.41 Å². The van der Waals surface area contributed by atoms with Crippen molar-refractivity contribution < 1.29 is 4.42 Å². The Bertz CT molecular complexity index is 2390. The van der Waals surface area contributed by atoms with Crippen LogP contribution in [0.1, 0.15) is 43.4 Å². The average molecular weight is 606 g/mol. The van der Waals surface area contributed by atoms with E-state index in [1.165, 1.54) is 44.5 Å². The fourth-order valence-corrected chi connectivity index (χ4v) is 7.70. The number of rotatable bonds is 5. The first-order chi connectivity index (χ1) is 23.1. The van der Waals surface area contributed by atoms with Gasteiger partial charge in [-0.1, -0.05) is 123 Å². The maximum atomic E-state index is 6.69. The van der Waals surface area contributed by atoms with Crippen molar-refractivity contribution in [1.82, 2.24) is 0 Å². The Balaban J connectivity index is 1.33. The zero-order valence-corrected chi connectivity index (χ0v) is 26.7. The van der Waals surface area contributed by atoms with Gasteiger partial charge in [0.05, 0.1) is 5.69 Å². The first-order valence-electron chi connectivity index (χ1n) is 16.6. The predicted molar refractivity (Wildman–Crippen MR) is 198 cm³/mol. The summed E-state index contributed by atoms with van der Waals surface area (Å²) in [6.45, 7) is 4.70. The second-order valence-electron chi connectivity index (χ2n) is 13.3. The zero-order chi connectivity index (χ0) is 31.5. The molecule has 0 bridgehead atoms. The van der Waals surface area contributed by atoms with E-state index in [9.17, 15) is 0 Å². The number of furan rings is 1. The minimum absolute atomic E-state index is 0.117. The Kier molecular flexibility index (Phi) is 6.33. The van der Waals surface area contributed by atoms with Gasteiger partial charge in [0.15, 0.2) is 5.58 Å². The first kappa shape index (κ1) is 27.7. The van der Waals surface area contributed by atoms with Crippen LogP contribution < -0.4 is 4.90 Å². The van der Waals surface area contributed by atoms with E-state index in [0.717, 1.165) is 51.8 Å². The molecule has 2 aliphatic carbocycles. The molecule has 0 unspecified atom stereocenters. The summed E-state index contributed by atoms with van der Waals surface area (Å²) in [4.78, 5) is 2.41. The van der Waals surface area contributed by atoms with Gasteiger partial charge < -0.3 is 9.32 Å². The van der Waals surface area contributed by atoms with E-state index in [1.54, 1.807) is 0 Å². The molecule has 0 fully saturated rings. The minimum atomic E-state index is -0.117. The van der Waals surface area contributed by atoms with Crippen molar-refractivity contribution in [3.63, 3.8) is 0 Å². The summed E-state index contributed by atoms with van der Waals surface area (Å²) in [6.07, 6.45) is 9.07. The van der Waals surface area contributed by atoms with Gasteiger partial charge >= 0.3 is 0 Å². The third kappa shape index (κ3) is 4.47. The highest BCUT2D eigenvalue weighted by atomic mass is 16.3. The molecule has 2 aliphatic rings. The number of hydrogen-bond donors (Lipinski definition) is 0. The number of nitrogens with zero attached hydrogens (tertiary/aromatic N) is 1. The highest BCUT2D eigenvalue weighted by Gasteiger charge is 2.36. The van der Waals surface area contributed by atoms with Gasteiger partial charge in [0, 0.05) is 27.6 Å². The van der Waals surface area contributed by atoms with Crippen molar-refractivity contribution in [2.24, 2.45) is 0 Å². The van der Waals surface area contributed by atoms with Crippen LogP contribution in [0.25, 0.3) is 49.8 Å². The molecule has 0 radical (unpaired) electrons. The van der Waals surface area contributed by atoms with Crippen LogP contribution in [0.15, 0.2) is 156 Å². The second-order valence-corrected chi connectivity index (χ2v) is 13.3. The lowest BCUT2D eigenvalue weighted by Gasteiger charge is -2.29. The summed E-state index contributed by atoms with van der Waals surface area (Å²) >= 11 is 0. The molecule has 0 saturated carbocycles. The Morgan fingerprint density at radius 3 is 2.21 bits per heavy atom. The molecule has 0 N–H and O–H groups in total. The predicted octanol–water partition coefficient (Wildman–Crippen LogP) is 12.8. The fraction of sp³-hybridized carbons (Fsp3) is 0.111. The summed E-state index contributed by atoms with van der Waals surface area (Å²) < 4.78 is 6.69. The van der Waals surface area contributed by atoms with Crippen molar-refractivity contribution >= 4 is 44.6 Å². The van der Waals surface area contributed by atoms with Crippen molar-refractivity contribution in [1.29, 1.82) is 0 Å². The van der Waals surface area contributed by atoms with Crippen LogP contribution in [-0.4, -0.2) is 0 Å². The molecule has 0 spiro atoms. The van der Waals surface area contributed by atoms with E-state index in [2.05, 4.69) is 164 Å². The molecule has 2 heteroatoms. The lowest BCUT2D eigenvalue weighted by Crippen LogP contribution is -2.16. The summed E-state index contributed by atoms with van der Waals surface area (Å²) in [6, 6.07) is 48.5. The normalized spacial score (nSPS) is 14.6. The van der Waals surface area contributed by atoms with E-state index in [0.29, 0.717) is 0 Å². The lowest BCUT2D eigenvalue weighted by atomic mass is 9.82. The molecule has 9 rings (SSSR count). The zero-order valence-electron chi connectivity index (χ0n) is 26.7. The molecule has 7 aromatic rings. The highest BCUT2D eigenvalue weighted by Crippen LogP contribution is 2.51. The summed E-state index contributed by atoms with van der Waals surface area (Å²) in [5.74, 6) is 0. The number of hydrogen-bond acceptors (Lipinski definition) is 2. The van der Waals surface area contributed by atoms with Crippen LogP contribution in [0.2, 0.25) is 0 Å². The van der Waals surface area contributed by atoms with Gasteiger partial charge in [-0.25, -0.2) is 0 Å². The Morgan fingerprint density at radius 2 is 1.34 bits per heavy atom. The largest absolute Gasteiger partial charge is 0.454 e. The van der Waals surface area contributed by atoms with Gasteiger partial charge in [-0.3, -0.25) is 0 Å². The molecule has 1 heterocycles. The molecule has 6 aromatic carbocycles. The molecule has 0 amide bonds. The maximum Gasteiger partial charge on any atom is 0.159 e. The van der Waals surface area contributed by atoms with E-state index in [-0.39, 0.29) is 5.41 Å². The van der Waals surface area contributed by atoms with Crippen LogP contribution in [0.3, 0.4) is 0 Å². The Morgan fingerprint density at radius 1 is 0.574 bits per heavy atom. The molecule has 0 saturated heterocycles.